The monoisotopic (exact) mass is 711 g/mol. The smallest absolute Gasteiger partial charge is 0.686 e. The average molecular weight is 712 g/mol. The van der Waals surface area contributed by atoms with Crippen molar-refractivity contribution >= 4 is 11.4 Å². The molecule has 0 radical (unpaired) electrons. The summed E-state index contributed by atoms with van der Waals surface area (Å²) in [4.78, 5) is 10.3. The third-order valence-corrected chi connectivity index (χ3v) is 6.97. The summed E-state index contributed by atoms with van der Waals surface area (Å²) in [5, 5.41) is 9.02. The first kappa shape index (κ1) is 28.0. The number of aromatic nitrogens is 2. The van der Waals surface area contributed by atoms with E-state index < -0.39 is 0 Å². The second-order valence-electron chi connectivity index (χ2n) is 9.47. The van der Waals surface area contributed by atoms with Crippen LogP contribution >= 0.6 is 0 Å². The van der Waals surface area contributed by atoms with Gasteiger partial charge in [0.2, 0.25) is 0 Å². The summed E-state index contributed by atoms with van der Waals surface area (Å²) in [7, 11) is 3.63. The maximum Gasteiger partial charge on any atom is 2.00 e. The van der Waals surface area contributed by atoms with Crippen molar-refractivity contribution in [2.24, 2.45) is 0 Å². The number of nitrogens with zero attached hydrogens (tertiary/aromatic N) is 4. The summed E-state index contributed by atoms with van der Waals surface area (Å²) in [5.74, 6) is 0. The Labute approximate surface area is 255 Å². The maximum atomic E-state index is 5.17. The van der Waals surface area contributed by atoms with E-state index in [4.69, 9.17) is 9.97 Å². The maximum absolute atomic E-state index is 5.17. The average Bonchev–Trinajstić information content (AvgIpc) is 3.05. The molecule has 202 valence electrons. The van der Waals surface area contributed by atoms with Gasteiger partial charge >= 0.3 is 21.1 Å². The molecular formula is C36H28N4Pt. The van der Waals surface area contributed by atoms with Crippen LogP contribution in [0.5, 0.6) is 0 Å². The zero-order chi connectivity index (χ0) is 27.3. The molecule has 2 heterocycles. The Kier molecular flexibility index (Phi) is 8.72. The van der Waals surface area contributed by atoms with E-state index in [1.54, 1.807) is 0 Å². The molecule has 4 aromatic carbocycles. The number of hydrogen-bond acceptors (Lipinski definition) is 2. The van der Waals surface area contributed by atoms with E-state index in [-0.39, 0.29) is 21.1 Å². The molecule has 0 saturated heterocycles. The summed E-state index contributed by atoms with van der Waals surface area (Å²) in [5.41, 5.74) is 11.5. The van der Waals surface area contributed by atoms with Crippen LogP contribution in [-0.4, -0.2) is 24.1 Å². The van der Waals surface area contributed by atoms with Crippen LogP contribution in [0.15, 0.2) is 133 Å². The Hall–Kier alpha value is -4.53. The Morgan fingerprint density at radius 2 is 0.732 bits per heavy atom. The summed E-state index contributed by atoms with van der Waals surface area (Å²) in [6.45, 7) is 0. The topological polar surface area (TPSA) is 54.0 Å². The molecule has 41 heavy (non-hydrogen) atoms. The van der Waals surface area contributed by atoms with Gasteiger partial charge in [0.1, 0.15) is 0 Å². The van der Waals surface area contributed by atoms with Gasteiger partial charge in [-0.1, -0.05) is 109 Å². The molecular weight excluding hydrogens is 684 g/mol. The van der Waals surface area contributed by atoms with Crippen LogP contribution in [-0.2, 0) is 21.1 Å². The summed E-state index contributed by atoms with van der Waals surface area (Å²) < 4.78 is 0. The standard InChI is InChI=1S/C36H28N4.Pt/c1-37-31-19-11-9-17-29(31)33-21-27(25-13-5-3-6-14-25)23-35(39-33)36-24-28(26-15-7-4-8-16-26)22-34(40-36)30-18-10-12-20-32(30)38-2;/h3-24H,1-2H3;/q-2;+2. The first-order chi connectivity index (χ1) is 19.7. The predicted molar refractivity (Wildman–Crippen MR) is 167 cm³/mol. The van der Waals surface area contributed by atoms with E-state index in [9.17, 15) is 0 Å². The van der Waals surface area contributed by atoms with Crippen molar-refractivity contribution in [3.63, 3.8) is 0 Å². The molecule has 2 aromatic heterocycles. The molecule has 0 atom stereocenters. The van der Waals surface area contributed by atoms with Crippen molar-refractivity contribution in [1.29, 1.82) is 0 Å². The molecule has 0 fully saturated rings. The van der Waals surface area contributed by atoms with E-state index in [1.165, 1.54) is 0 Å². The molecule has 0 aliphatic rings. The van der Waals surface area contributed by atoms with Gasteiger partial charge in [0.05, 0.1) is 22.8 Å². The minimum atomic E-state index is 0. The first-order valence-corrected chi connectivity index (χ1v) is 13.3. The fraction of sp³-hybridized carbons (Fsp3) is 0.0556. The minimum Gasteiger partial charge on any atom is -0.686 e. The van der Waals surface area contributed by atoms with Crippen LogP contribution in [0.25, 0.3) is 66.8 Å². The van der Waals surface area contributed by atoms with Gasteiger partial charge in [-0.3, -0.25) is 0 Å². The van der Waals surface area contributed by atoms with Gasteiger partial charge in [-0.25, -0.2) is 9.97 Å². The first-order valence-electron chi connectivity index (χ1n) is 13.3. The predicted octanol–water partition coefficient (Wildman–Crippen LogP) is 10.1. The number of hydrogen-bond donors (Lipinski definition) is 0. The van der Waals surface area contributed by atoms with Crippen LogP contribution in [0.4, 0.5) is 11.4 Å². The third kappa shape index (κ3) is 5.99. The molecule has 0 aliphatic heterocycles. The zero-order valence-corrected chi connectivity index (χ0v) is 25.1. The Morgan fingerprint density at radius 1 is 0.390 bits per heavy atom. The van der Waals surface area contributed by atoms with Gasteiger partial charge in [0, 0.05) is 0 Å². The van der Waals surface area contributed by atoms with E-state index >= 15 is 0 Å². The largest absolute Gasteiger partial charge is 2.00 e. The quantitative estimate of drug-likeness (QED) is 0.166. The molecule has 6 aromatic rings. The van der Waals surface area contributed by atoms with Gasteiger partial charge < -0.3 is 10.6 Å². The zero-order valence-electron chi connectivity index (χ0n) is 22.8. The minimum absolute atomic E-state index is 0. The van der Waals surface area contributed by atoms with Crippen molar-refractivity contribution in [1.82, 2.24) is 9.97 Å². The molecule has 0 amide bonds. The summed E-state index contributed by atoms with van der Waals surface area (Å²) >= 11 is 0. The van der Waals surface area contributed by atoms with E-state index in [1.807, 2.05) is 62.6 Å². The Morgan fingerprint density at radius 3 is 1.12 bits per heavy atom. The number of para-hydroxylation sites is 2. The molecule has 0 bridgehead atoms. The van der Waals surface area contributed by atoms with Gasteiger partial charge in [-0.2, -0.15) is 0 Å². The Bertz CT molecular complexity index is 1640. The van der Waals surface area contributed by atoms with Crippen molar-refractivity contribution in [2.45, 2.75) is 0 Å². The van der Waals surface area contributed by atoms with Crippen LogP contribution in [0.2, 0.25) is 0 Å². The molecule has 0 spiro atoms. The fourth-order valence-corrected chi connectivity index (χ4v) is 4.96. The molecule has 0 saturated carbocycles. The van der Waals surface area contributed by atoms with Crippen molar-refractivity contribution < 1.29 is 21.1 Å². The molecule has 6 rings (SSSR count). The second kappa shape index (κ2) is 12.8. The van der Waals surface area contributed by atoms with Crippen molar-refractivity contribution in [3.8, 4) is 56.2 Å². The van der Waals surface area contributed by atoms with Crippen LogP contribution in [0.3, 0.4) is 0 Å². The number of pyridine rings is 2. The number of rotatable bonds is 7. The van der Waals surface area contributed by atoms with Gasteiger partial charge in [-0.15, -0.1) is 25.5 Å². The van der Waals surface area contributed by atoms with Crippen molar-refractivity contribution in [2.75, 3.05) is 14.1 Å². The normalized spacial score (nSPS) is 10.5. The SMILES string of the molecule is C[N-]c1ccccc1-c1cc(-c2ccccc2)cc(-c2cc(-c3ccccc3)cc(-c3ccccc3[N-]C)n2)n1.[Pt+2]. The van der Waals surface area contributed by atoms with E-state index in [0.29, 0.717) is 0 Å². The van der Waals surface area contributed by atoms with Crippen LogP contribution in [0.1, 0.15) is 0 Å². The number of benzene rings is 4. The molecule has 5 heteroatoms. The second-order valence-corrected chi connectivity index (χ2v) is 9.47. The van der Waals surface area contributed by atoms with Crippen molar-refractivity contribution in [3.05, 3.63) is 144 Å². The Balaban J connectivity index is 0.00000337. The third-order valence-electron chi connectivity index (χ3n) is 6.97. The summed E-state index contributed by atoms with van der Waals surface area (Å²) in [6, 6.07) is 45.5. The van der Waals surface area contributed by atoms with Gasteiger partial charge in [0.15, 0.2) is 0 Å². The van der Waals surface area contributed by atoms with Gasteiger partial charge in [-0.05, 0) is 57.6 Å². The van der Waals surface area contributed by atoms with E-state index in [2.05, 4.69) is 95.6 Å². The van der Waals surface area contributed by atoms with Crippen LogP contribution in [0, 0.1) is 0 Å². The fourth-order valence-electron chi connectivity index (χ4n) is 4.96. The molecule has 0 aliphatic carbocycles. The molecule has 4 nitrogen and oxygen atoms in total. The van der Waals surface area contributed by atoms with Gasteiger partial charge in [0.25, 0.3) is 0 Å². The van der Waals surface area contributed by atoms with E-state index in [0.717, 1.165) is 67.5 Å². The summed E-state index contributed by atoms with van der Waals surface area (Å²) in [6.07, 6.45) is 0. The van der Waals surface area contributed by atoms with Crippen LogP contribution < -0.4 is 0 Å². The molecule has 0 unspecified atom stereocenters. The molecule has 0 N–H and O–H groups in total.